The highest BCUT2D eigenvalue weighted by atomic mass is 35.5. The third kappa shape index (κ3) is 1.92. The Hall–Kier alpha value is -1.80. The second kappa shape index (κ2) is 4.10. The van der Waals surface area contributed by atoms with Crippen LogP contribution in [0.2, 0.25) is 5.02 Å². The Bertz CT molecular complexity index is 756. The van der Waals surface area contributed by atoms with Crippen LogP contribution in [-0.2, 0) is 0 Å². The predicted octanol–water partition coefficient (Wildman–Crippen LogP) is 4.60. The number of benzene rings is 1. The molecule has 1 radical (unpaired) electrons. The molecule has 0 saturated heterocycles. The van der Waals surface area contributed by atoms with E-state index >= 15 is 0 Å². The van der Waals surface area contributed by atoms with Gasteiger partial charge in [0.05, 0.1) is 0 Å². The first-order valence-electron chi connectivity index (χ1n) is 6.40. The molecule has 2 aromatic heterocycles. The molecule has 1 aliphatic carbocycles. The fourth-order valence-electron chi connectivity index (χ4n) is 2.38. The lowest BCUT2D eigenvalue weighted by Crippen LogP contribution is -1.83. The average molecular weight is 268 g/mol. The summed E-state index contributed by atoms with van der Waals surface area (Å²) in [5, 5.41) is 1.90. The molecule has 19 heavy (non-hydrogen) atoms. The van der Waals surface area contributed by atoms with E-state index in [1.54, 1.807) is 0 Å². The van der Waals surface area contributed by atoms with Gasteiger partial charge in [0, 0.05) is 33.8 Å². The maximum absolute atomic E-state index is 6.23. The van der Waals surface area contributed by atoms with Crippen molar-refractivity contribution >= 4 is 22.6 Å². The van der Waals surface area contributed by atoms with Gasteiger partial charge in [0.1, 0.15) is 5.65 Å². The number of nitrogens with zero attached hydrogens (tertiary/aromatic N) is 1. The maximum atomic E-state index is 6.23. The van der Waals surface area contributed by atoms with E-state index in [0.717, 1.165) is 27.3 Å². The second-order valence-electron chi connectivity index (χ2n) is 4.93. The number of halogens is 1. The van der Waals surface area contributed by atoms with E-state index < -0.39 is 0 Å². The zero-order valence-corrected chi connectivity index (χ0v) is 11.0. The molecule has 93 valence electrons. The number of aromatic nitrogens is 2. The molecule has 0 spiro atoms. The summed E-state index contributed by atoms with van der Waals surface area (Å²) >= 11 is 6.23. The third-order valence-electron chi connectivity index (χ3n) is 3.54. The molecule has 2 heterocycles. The molecule has 2 nitrogen and oxygen atoms in total. The van der Waals surface area contributed by atoms with Crippen LogP contribution in [0.3, 0.4) is 0 Å². The first kappa shape index (κ1) is 11.1. The van der Waals surface area contributed by atoms with Gasteiger partial charge in [-0.3, -0.25) is 0 Å². The average Bonchev–Trinajstić information content (AvgIpc) is 3.18. The van der Waals surface area contributed by atoms with Gasteiger partial charge in [0.15, 0.2) is 0 Å². The van der Waals surface area contributed by atoms with Crippen LogP contribution in [0.15, 0.2) is 42.6 Å². The molecule has 4 rings (SSSR count). The van der Waals surface area contributed by atoms with Crippen molar-refractivity contribution in [3.05, 3.63) is 59.1 Å². The number of aromatic amines is 1. The van der Waals surface area contributed by atoms with E-state index in [1.165, 1.54) is 24.3 Å². The van der Waals surface area contributed by atoms with Crippen LogP contribution in [-0.4, -0.2) is 9.97 Å². The fraction of sp³-hybridized carbons (Fsp3) is 0.125. The highest BCUT2D eigenvalue weighted by molar-refractivity contribution is 6.33. The van der Waals surface area contributed by atoms with Crippen LogP contribution in [0.1, 0.15) is 18.4 Å². The molecule has 1 saturated carbocycles. The van der Waals surface area contributed by atoms with Crippen molar-refractivity contribution in [1.82, 2.24) is 9.97 Å². The molecule has 0 amide bonds. The highest BCUT2D eigenvalue weighted by Gasteiger charge is 2.25. The zero-order chi connectivity index (χ0) is 12.8. The van der Waals surface area contributed by atoms with Crippen molar-refractivity contribution in [2.24, 2.45) is 0 Å². The maximum Gasteiger partial charge on any atom is 0.137 e. The largest absolute Gasteiger partial charge is 0.339 e. The van der Waals surface area contributed by atoms with Crippen LogP contribution in [0, 0.1) is 5.92 Å². The van der Waals surface area contributed by atoms with Crippen molar-refractivity contribution < 1.29 is 0 Å². The van der Waals surface area contributed by atoms with E-state index in [4.69, 9.17) is 11.6 Å². The molecule has 0 unspecified atom stereocenters. The summed E-state index contributed by atoms with van der Waals surface area (Å²) in [6, 6.07) is 12.2. The molecule has 0 atom stereocenters. The molecule has 1 fully saturated rings. The van der Waals surface area contributed by atoms with Gasteiger partial charge in [-0.15, -0.1) is 0 Å². The number of hydrogen-bond acceptors (Lipinski definition) is 1. The Labute approximate surface area is 116 Å². The minimum absolute atomic E-state index is 0.755. The summed E-state index contributed by atoms with van der Waals surface area (Å²) < 4.78 is 0. The SMILES string of the molecule is Clc1ccccc1-c1cc2cc([C]3CC3)cnc2[nH]1. The first-order chi connectivity index (χ1) is 9.31. The number of fused-ring (bicyclic) bond motifs is 1. The Kier molecular flexibility index (Phi) is 2.39. The minimum Gasteiger partial charge on any atom is -0.339 e. The van der Waals surface area contributed by atoms with Crippen molar-refractivity contribution in [3.8, 4) is 11.3 Å². The predicted molar refractivity (Wildman–Crippen MR) is 78.1 cm³/mol. The van der Waals surface area contributed by atoms with E-state index in [0.29, 0.717) is 0 Å². The summed E-state index contributed by atoms with van der Waals surface area (Å²) in [6.45, 7) is 0. The third-order valence-corrected chi connectivity index (χ3v) is 3.87. The quantitative estimate of drug-likeness (QED) is 0.722. The topological polar surface area (TPSA) is 28.7 Å². The van der Waals surface area contributed by atoms with Crippen molar-refractivity contribution in [3.63, 3.8) is 0 Å². The zero-order valence-electron chi connectivity index (χ0n) is 10.3. The summed E-state index contributed by atoms with van der Waals surface area (Å²) in [6.07, 6.45) is 4.39. The van der Waals surface area contributed by atoms with Crippen LogP contribution in [0.4, 0.5) is 0 Å². The highest BCUT2D eigenvalue weighted by Crippen LogP contribution is 2.39. The van der Waals surface area contributed by atoms with Gasteiger partial charge in [-0.25, -0.2) is 4.98 Å². The molecule has 3 aromatic rings. The van der Waals surface area contributed by atoms with Crippen LogP contribution >= 0.6 is 11.6 Å². The number of hydrogen-bond donors (Lipinski definition) is 1. The molecule has 0 bridgehead atoms. The molecule has 1 aliphatic rings. The number of nitrogens with one attached hydrogen (secondary N) is 1. The van der Waals surface area contributed by atoms with Gasteiger partial charge in [-0.1, -0.05) is 29.8 Å². The normalized spacial score (nSPS) is 15.0. The molecule has 1 aromatic carbocycles. The lowest BCUT2D eigenvalue weighted by atomic mass is 10.1. The summed E-state index contributed by atoms with van der Waals surface area (Å²) in [5.74, 6) is 1.51. The van der Waals surface area contributed by atoms with Crippen molar-refractivity contribution in [1.29, 1.82) is 0 Å². The number of rotatable bonds is 2. The molecule has 0 aliphatic heterocycles. The number of pyridine rings is 1. The Morgan fingerprint density at radius 2 is 1.95 bits per heavy atom. The minimum atomic E-state index is 0.755. The van der Waals surface area contributed by atoms with Crippen LogP contribution in [0.25, 0.3) is 22.3 Å². The van der Waals surface area contributed by atoms with Gasteiger partial charge in [0.25, 0.3) is 0 Å². The monoisotopic (exact) mass is 267 g/mol. The molecule has 3 heteroatoms. The van der Waals surface area contributed by atoms with Crippen molar-refractivity contribution in [2.75, 3.05) is 0 Å². The summed E-state index contributed by atoms with van der Waals surface area (Å²) in [7, 11) is 0. The van der Waals surface area contributed by atoms with Crippen LogP contribution < -0.4 is 0 Å². The fourth-order valence-corrected chi connectivity index (χ4v) is 2.62. The van der Waals surface area contributed by atoms with Gasteiger partial charge in [-0.05, 0) is 36.6 Å². The van der Waals surface area contributed by atoms with Gasteiger partial charge >= 0.3 is 0 Å². The lowest BCUT2D eigenvalue weighted by Gasteiger charge is -1.99. The Morgan fingerprint density at radius 1 is 1.11 bits per heavy atom. The Morgan fingerprint density at radius 3 is 2.74 bits per heavy atom. The summed E-state index contributed by atoms with van der Waals surface area (Å²) in [4.78, 5) is 7.83. The molecule has 1 N–H and O–H groups in total. The number of H-pyrrole nitrogens is 1. The van der Waals surface area contributed by atoms with Gasteiger partial charge in [0.2, 0.25) is 0 Å². The Balaban J connectivity index is 1.85. The van der Waals surface area contributed by atoms with E-state index in [1.807, 2.05) is 30.5 Å². The second-order valence-corrected chi connectivity index (χ2v) is 5.34. The van der Waals surface area contributed by atoms with Crippen molar-refractivity contribution in [2.45, 2.75) is 12.8 Å². The first-order valence-corrected chi connectivity index (χ1v) is 6.78. The van der Waals surface area contributed by atoms with Gasteiger partial charge < -0.3 is 4.98 Å². The van der Waals surface area contributed by atoms with Gasteiger partial charge in [-0.2, -0.15) is 0 Å². The smallest absolute Gasteiger partial charge is 0.137 e. The standard InChI is InChI=1S/C16H12ClN2/c17-14-4-2-1-3-13(14)15-8-11-7-12(10-5-6-10)9-18-16(11)19-15/h1-4,7-9H,5-6H2,(H,18,19). The molecular weight excluding hydrogens is 256 g/mol. The van der Waals surface area contributed by atoms with E-state index in [9.17, 15) is 0 Å². The lowest BCUT2D eigenvalue weighted by molar-refractivity contribution is 1.28. The molecular formula is C16H12ClN2. The van der Waals surface area contributed by atoms with E-state index in [2.05, 4.69) is 22.1 Å². The summed E-state index contributed by atoms with van der Waals surface area (Å²) in [5.41, 5.74) is 4.23. The van der Waals surface area contributed by atoms with Crippen LogP contribution in [0.5, 0.6) is 0 Å². The van der Waals surface area contributed by atoms with E-state index in [-0.39, 0.29) is 0 Å².